The van der Waals surface area contributed by atoms with E-state index < -0.39 is 8.07 Å². The minimum Gasteiger partial charge on any atom is -0.361 e. The standard InChI is InChI=1S/C11H20N2O2Si/c1-10-7-12-11(8-14)13(10)9-15-5-6-16(2,3)4/h7-8H,5-6,9H2,1-4H3. The lowest BCUT2D eigenvalue weighted by molar-refractivity contribution is 0.0820. The van der Waals surface area contributed by atoms with Crippen molar-refractivity contribution in [2.45, 2.75) is 39.3 Å². The lowest BCUT2D eigenvalue weighted by Gasteiger charge is -2.16. The number of aldehydes is 1. The van der Waals surface area contributed by atoms with Crippen LogP contribution in [-0.4, -0.2) is 30.5 Å². The van der Waals surface area contributed by atoms with Crippen LogP contribution in [0.2, 0.25) is 25.7 Å². The molecule has 0 saturated heterocycles. The average Bonchev–Trinajstić information content (AvgIpc) is 2.53. The Labute approximate surface area is 97.6 Å². The van der Waals surface area contributed by atoms with Crippen molar-refractivity contribution < 1.29 is 9.53 Å². The lowest BCUT2D eigenvalue weighted by Crippen LogP contribution is -2.22. The van der Waals surface area contributed by atoms with Crippen LogP contribution in [-0.2, 0) is 11.5 Å². The third kappa shape index (κ3) is 3.90. The number of carbonyl (C=O) groups excluding carboxylic acids is 1. The molecule has 1 heterocycles. The molecular weight excluding hydrogens is 220 g/mol. The fourth-order valence-electron chi connectivity index (χ4n) is 1.28. The second-order valence-corrected chi connectivity index (χ2v) is 10.8. The van der Waals surface area contributed by atoms with Gasteiger partial charge in [0.1, 0.15) is 6.73 Å². The molecule has 1 aromatic rings. The van der Waals surface area contributed by atoms with Gasteiger partial charge in [0.25, 0.3) is 0 Å². The van der Waals surface area contributed by atoms with E-state index in [1.54, 1.807) is 10.8 Å². The fourth-order valence-corrected chi connectivity index (χ4v) is 2.03. The molecule has 0 bridgehead atoms. The van der Waals surface area contributed by atoms with E-state index in [0.29, 0.717) is 12.6 Å². The summed E-state index contributed by atoms with van der Waals surface area (Å²) in [7, 11) is -1.03. The van der Waals surface area contributed by atoms with E-state index in [2.05, 4.69) is 24.6 Å². The highest BCUT2D eigenvalue weighted by Crippen LogP contribution is 2.09. The summed E-state index contributed by atoms with van der Waals surface area (Å²) in [6, 6.07) is 1.14. The summed E-state index contributed by atoms with van der Waals surface area (Å²) in [5, 5.41) is 0. The number of aromatic nitrogens is 2. The second-order valence-electron chi connectivity index (χ2n) is 5.15. The maximum Gasteiger partial charge on any atom is 0.185 e. The Hall–Kier alpha value is -0.943. The van der Waals surface area contributed by atoms with Gasteiger partial charge in [0.05, 0.1) is 0 Å². The molecule has 0 saturated carbocycles. The number of imidazole rings is 1. The number of hydrogen-bond donors (Lipinski definition) is 0. The van der Waals surface area contributed by atoms with E-state index >= 15 is 0 Å². The number of rotatable bonds is 6. The third-order valence-electron chi connectivity index (χ3n) is 2.41. The van der Waals surface area contributed by atoms with Crippen LogP contribution in [0, 0.1) is 6.92 Å². The summed E-state index contributed by atoms with van der Waals surface area (Å²) in [5.41, 5.74) is 0.954. The van der Waals surface area contributed by atoms with Crippen LogP contribution in [0.25, 0.3) is 0 Å². The van der Waals surface area contributed by atoms with E-state index in [-0.39, 0.29) is 0 Å². The quantitative estimate of drug-likeness (QED) is 0.435. The first-order valence-electron chi connectivity index (χ1n) is 5.49. The van der Waals surface area contributed by atoms with Gasteiger partial charge in [0.15, 0.2) is 12.1 Å². The predicted octanol–water partition coefficient (Wildman–Crippen LogP) is 2.32. The zero-order valence-corrected chi connectivity index (χ0v) is 11.5. The summed E-state index contributed by atoms with van der Waals surface area (Å²) in [5.74, 6) is 0.436. The summed E-state index contributed by atoms with van der Waals surface area (Å²) in [6.45, 7) is 10.0. The molecule has 0 aliphatic rings. The van der Waals surface area contributed by atoms with Gasteiger partial charge in [-0.05, 0) is 13.0 Å². The molecule has 0 aliphatic carbocycles. The number of hydrogen-bond acceptors (Lipinski definition) is 3. The van der Waals surface area contributed by atoms with Crippen LogP contribution in [0.1, 0.15) is 16.3 Å². The van der Waals surface area contributed by atoms with Crippen molar-refractivity contribution in [3.05, 3.63) is 17.7 Å². The summed E-state index contributed by atoms with van der Waals surface area (Å²) in [4.78, 5) is 14.7. The highest BCUT2D eigenvalue weighted by molar-refractivity contribution is 6.76. The first kappa shape index (κ1) is 13.1. The van der Waals surface area contributed by atoms with Crippen molar-refractivity contribution in [2.75, 3.05) is 6.61 Å². The van der Waals surface area contributed by atoms with Gasteiger partial charge in [0.2, 0.25) is 0 Å². The van der Waals surface area contributed by atoms with E-state index in [9.17, 15) is 4.79 Å². The fraction of sp³-hybridized carbons (Fsp3) is 0.636. The topological polar surface area (TPSA) is 44.1 Å². The molecule has 0 unspecified atom stereocenters. The highest BCUT2D eigenvalue weighted by atomic mass is 28.3. The SMILES string of the molecule is Cc1cnc(C=O)n1COCC[Si](C)(C)C. The third-order valence-corrected chi connectivity index (χ3v) is 4.11. The molecule has 16 heavy (non-hydrogen) atoms. The Morgan fingerprint density at radius 3 is 2.75 bits per heavy atom. The molecule has 0 N–H and O–H groups in total. The molecular formula is C11H20N2O2Si. The van der Waals surface area contributed by atoms with Crippen molar-refractivity contribution in [3.63, 3.8) is 0 Å². The van der Waals surface area contributed by atoms with Gasteiger partial charge in [0, 0.05) is 26.6 Å². The zero-order valence-electron chi connectivity index (χ0n) is 10.5. The van der Waals surface area contributed by atoms with Crippen LogP contribution in [0.3, 0.4) is 0 Å². The van der Waals surface area contributed by atoms with Crippen LogP contribution >= 0.6 is 0 Å². The van der Waals surface area contributed by atoms with Gasteiger partial charge >= 0.3 is 0 Å². The van der Waals surface area contributed by atoms with Gasteiger partial charge < -0.3 is 9.30 Å². The summed E-state index contributed by atoms with van der Waals surface area (Å²) in [6.07, 6.45) is 2.44. The van der Waals surface area contributed by atoms with Gasteiger partial charge in [-0.1, -0.05) is 19.6 Å². The van der Waals surface area contributed by atoms with Crippen molar-refractivity contribution >= 4 is 14.4 Å². The van der Waals surface area contributed by atoms with Gasteiger partial charge in [-0.25, -0.2) is 4.98 Å². The number of aryl methyl sites for hydroxylation is 1. The summed E-state index contributed by atoms with van der Waals surface area (Å²) < 4.78 is 7.37. The molecule has 0 amide bonds. The van der Waals surface area contributed by atoms with E-state index in [0.717, 1.165) is 24.6 Å². The monoisotopic (exact) mass is 240 g/mol. The lowest BCUT2D eigenvalue weighted by atomic mass is 10.5. The van der Waals surface area contributed by atoms with Crippen LogP contribution in [0.4, 0.5) is 0 Å². The molecule has 1 rings (SSSR count). The molecule has 4 nitrogen and oxygen atoms in total. The Balaban J connectivity index is 2.43. The smallest absolute Gasteiger partial charge is 0.185 e. The van der Waals surface area contributed by atoms with Gasteiger partial charge in [-0.2, -0.15) is 0 Å². The first-order chi connectivity index (χ1) is 7.44. The molecule has 0 radical (unpaired) electrons. The van der Waals surface area contributed by atoms with Crippen molar-refractivity contribution in [1.82, 2.24) is 9.55 Å². The van der Waals surface area contributed by atoms with Crippen LogP contribution < -0.4 is 0 Å². The molecule has 0 aromatic carbocycles. The molecule has 0 spiro atoms. The second kappa shape index (κ2) is 5.40. The number of carbonyl (C=O) groups is 1. The van der Waals surface area contributed by atoms with E-state index in [1.807, 2.05) is 6.92 Å². The van der Waals surface area contributed by atoms with Crippen LogP contribution in [0.15, 0.2) is 6.20 Å². The Kier molecular flexibility index (Phi) is 4.43. The Bertz CT molecular complexity index is 355. The average molecular weight is 240 g/mol. The van der Waals surface area contributed by atoms with Gasteiger partial charge in [-0.15, -0.1) is 0 Å². The zero-order chi connectivity index (χ0) is 12.2. The van der Waals surface area contributed by atoms with E-state index in [4.69, 9.17) is 4.74 Å². The van der Waals surface area contributed by atoms with Crippen molar-refractivity contribution in [3.8, 4) is 0 Å². The van der Waals surface area contributed by atoms with E-state index in [1.165, 1.54) is 0 Å². The molecule has 5 heteroatoms. The number of nitrogens with zero attached hydrogens (tertiary/aromatic N) is 2. The normalized spacial score (nSPS) is 11.8. The van der Waals surface area contributed by atoms with Crippen molar-refractivity contribution in [2.24, 2.45) is 0 Å². The molecule has 0 atom stereocenters. The maximum absolute atomic E-state index is 10.7. The largest absolute Gasteiger partial charge is 0.361 e. The summed E-state index contributed by atoms with van der Waals surface area (Å²) >= 11 is 0. The highest BCUT2D eigenvalue weighted by Gasteiger charge is 2.12. The Morgan fingerprint density at radius 1 is 1.50 bits per heavy atom. The first-order valence-corrected chi connectivity index (χ1v) is 9.20. The number of ether oxygens (including phenoxy) is 1. The van der Waals surface area contributed by atoms with Gasteiger partial charge in [-0.3, -0.25) is 4.79 Å². The molecule has 1 aromatic heterocycles. The maximum atomic E-state index is 10.7. The predicted molar refractivity (Wildman–Crippen MR) is 66.5 cm³/mol. The minimum atomic E-state index is -1.03. The van der Waals surface area contributed by atoms with Crippen molar-refractivity contribution in [1.29, 1.82) is 0 Å². The minimum absolute atomic E-state index is 0.421. The molecule has 0 aliphatic heterocycles. The molecule has 0 fully saturated rings. The van der Waals surface area contributed by atoms with Crippen LogP contribution in [0.5, 0.6) is 0 Å². The Morgan fingerprint density at radius 2 is 2.19 bits per heavy atom. The molecule has 90 valence electrons.